The van der Waals surface area contributed by atoms with Gasteiger partial charge in [-0.2, -0.15) is 5.10 Å². The number of fused-ring (bicyclic) bond motifs is 1. The molecule has 0 saturated carbocycles. The Kier molecular flexibility index (Phi) is 4.12. The van der Waals surface area contributed by atoms with E-state index in [9.17, 15) is 4.79 Å². The third-order valence-electron chi connectivity index (χ3n) is 4.46. The molecule has 7 heteroatoms. The van der Waals surface area contributed by atoms with E-state index in [1.54, 1.807) is 6.20 Å². The fraction of sp³-hybridized carbons (Fsp3) is 0.263. The molecule has 3 heterocycles. The van der Waals surface area contributed by atoms with E-state index in [-0.39, 0.29) is 5.91 Å². The first-order chi connectivity index (χ1) is 12.6. The number of amides is 1. The predicted molar refractivity (Wildman–Crippen MR) is 98.5 cm³/mol. The van der Waals surface area contributed by atoms with Crippen LogP contribution in [-0.2, 0) is 13.0 Å². The molecule has 1 aliphatic rings. The number of benzene rings is 1. The van der Waals surface area contributed by atoms with Crippen molar-refractivity contribution in [1.29, 1.82) is 0 Å². The highest BCUT2D eigenvalue weighted by Gasteiger charge is 2.24. The van der Waals surface area contributed by atoms with E-state index in [1.165, 1.54) is 0 Å². The number of nitrogens with zero attached hydrogens (tertiary/aromatic N) is 5. The second-order valence-corrected chi connectivity index (χ2v) is 6.40. The van der Waals surface area contributed by atoms with Crippen LogP contribution in [0.5, 0.6) is 0 Å². The molecule has 4 rings (SSSR count). The number of hydrogen-bond donors (Lipinski definition) is 1. The van der Waals surface area contributed by atoms with Gasteiger partial charge in [0.25, 0.3) is 5.91 Å². The van der Waals surface area contributed by atoms with Crippen molar-refractivity contribution in [3.8, 4) is 5.69 Å². The smallest absolute Gasteiger partial charge is 0.270 e. The van der Waals surface area contributed by atoms with Crippen LogP contribution in [0.1, 0.15) is 27.4 Å². The lowest BCUT2D eigenvalue weighted by molar-refractivity contribution is 0.0940. The molecule has 2 aromatic heterocycles. The third-order valence-corrected chi connectivity index (χ3v) is 4.46. The van der Waals surface area contributed by atoms with Gasteiger partial charge < -0.3 is 10.2 Å². The van der Waals surface area contributed by atoms with Crippen molar-refractivity contribution in [2.45, 2.75) is 19.9 Å². The molecule has 0 atom stereocenters. The second-order valence-electron chi connectivity index (χ2n) is 6.40. The van der Waals surface area contributed by atoms with Gasteiger partial charge in [-0.1, -0.05) is 12.1 Å². The Bertz CT molecular complexity index is 933. The average molecular weight is 348 g/mol. The van der Waals surface area contributed by atoms with E-state index in [0.29, 0.717) is 24.6 Å². The summed E-state index contributed by atoms with van der Waals surface area (Å²) in [6.45, 7) is 3.14. The van der Waals surface area contributed by atoms with Crippen LogP contribution in [0.15, 0.2) is 42.7 Å². The van der Waals surface area contributed by atoms with E-state index >= 15 is 0 Å². The Hall–Kier alpha value is -3.22. The summed E-state index contributed by atoms with van der Waals surface area (Å²) in [5, 5.41) is 7.09. The molecular weight excluding hydrogens is 328 g/mol. The number of hydrogen-bond acceptors (Lipinski definition) is 5. The molecule has 0 saturated heterocycles. The summed E-state index contributed by atoms with van der Waals surface area (Å²) in [6.07, 6.45) is 4.43. The average Bonchev–Trinajstić information content (AvgIpc) is 3.17. The number of aryl methyl sites for hydroxylation is 1. The van der Waals surface area contributed by atoms with Crippen LogP contribution in [0.3, 0.4) is 0 Å². The number of aromatic nitrogens is 4. The third kappa shape index (κ3) is 3.03. The zero-order valence-electron chi connectivity index (χ0n) is 14.8. The second kappa shape index (κ2) is 6.59. The monoisotopic (exact) mass is 348 g/mol. The molecule has 0 fully saturated rings. The SMILES string of the molecule is Cc1nc2c(c(N(C)Cc3ccc(-n4cccn4)cc3)n1)CCNC2=O. The summed E-state index contributed by atoms with van der Waals surface area (Å²) in [4.78, 5) is 23.1. The Labute approximate surface area is 151 Å². The minimum absolute atomic E-state index is 0.116. The Morgan fingerprint density at radius 3 is 2.77 bits per heavy atom. The summed E-state index contributed by atoms with van der Waals surface area (Å²) < 4.78 is 1.83. The van der Waals surface area contributed by atoms with E-state index in [4.69, 9.17) is 0 Å². The van der Waals surface area contributed by atoms with Gasteiger partial charge in [0.2, 0.25) is 0 Å². The highest BCUT2D eigenvalue weighted by Crippen LogP contribution is 2.24. The number of carbonyl (C=O) groups is 1. The minimum Gasteiger partial charge on any atom is -0.355 e. The molecule has 132 valence electrons. The number of anilines is 1. The van der Waals surface area contributed by atoms with Crippen molar-refractivity contribution in [2.24, 2.45) is 0 Å². The first-order valence-corrected chi connectivity index (χ1v) is 8.57. The fourth-order valence-electron chi connectivity index (χ4n) is 3.22. The van der Waals surface area contributed by atoms with Crippen LogP contribution in [0.2, 0.25) is 0 Å². The van der Waals surface area contributed by atoms with Gasteiger partial charge in [0.15, 0.2) is 0 Å². The first kappa shape index (κ1) is 16.3. The highest BCUT2D eigenvalue weighted by atomic mass is 16.1. The van der Waals surface area contributed by atoms with Gasteiger partial charge in [0.1, 0.15) is 17.3 Å². The van der Waals surface area contributed by atoms with Gasteiger partial charge in [0, 0.05) is 38.1 Å². The molecule has 0 radical (unpaired) electrons. The molecule has 0 aliphatic carbocycles. The maximum Gasteiger partial charge on any atom is 0.270 e. The summed E-state index contributed by atoms with van der Waals surface area (Å²) in [7, 11) is 2.00. The number of nitrogens with one attached hydrogen (secondary N) is 1. The fourth-order valence-corrected chi connectivity index (χ4v) is 3.22. The van der Waals surface area contributed by atoms with Crippen molar-refractivity contribution >= 4 is 11.7 Å². The molecular formula is C19H20N6O. The van der Waals surface area contributed by atoms with E-state index < -0.39 is 0 Å². The number of rotatable bonds is 4. The molecule has 0 unspecified atom stereocenters. The molecule has 7 nitrogen and oxygen atoms in total. The summed E-state index contributed by atoms with van der Waals surface area (Å²) in [6, 6.07) is 10.2. The zero-order valence-corrected chi connectivity index (χ0v) is 14.8. The highest BCUT2D eigenvalue weighted by molar-refractivity contribution is 5.96. The minimum atomic E-state index is -0.116. The quantitative estimate of drug-likeness (QED) is 0.779. The van der Waals surface area contributed by atoms with E-state index in [0.717, 1.165) is 29.1 Å². The lowest BCUT2D eigenvalue weighted by atomic mass is 10.1. The van der Waals surface area contributed by atoms with Crippen LogP contribution >= 0.6 is 0 Å². The van der Waals surface area contributed by atoms with Crippen LogP contribution in [-0.4, -0.2) is 39.2 Å². The molecule has 0 spiro atoms. The summed E-state index contributed by atoms with van der Waals surface area (Å²) in [5.74, 6) is 1.32. The van der Waals surface area contributed by atoms with Gasteiger partial charge in [-0.05, 0) is 37.1 Å². The molecule has 0 bridgehead atoms. The van der Waals surface area contributed by atoms with Crippen molar-refractivity contribution in [2.75, 3.05) is 18.5 Å². The van der Waals surface area contributed by atoms with Crippen molar-refractivity contribution < 1.29 is 4.79 Å². The lowest BCUT2D eigenvalue weighted by Crippen LogP contribution is -2.35. The topological polar surface area (TPSA) is 75.9 Å². The molecule has 1 amide bonds. The maximum atomic E-state index is 12.1. The van der Waals surface area contributed by atoms with Crippen LogP contribution < -0.4 is 10.2 Å². The van der Waals surface area contributed by atoms with Gasteiger partial charge in [-0.3, -0.25) is 4.79 Å². The predicted octanol–water partition coefficient (Wildman–Crippen LogP) is 1.89. The van der Waals surface area contributed by atoms with Gasteiger partial charge >= 0.3 is 0 Å². The lowest BCUT2D eigenvalue weighted by Gasteiger charge is -2.25. The van der Waals surface area contributed by atoms with Gasteiger partial charge in [-0.25, -0.2) is 14.6 Å². The van der Waals surface area contributed by atoms with Crippen molar-refractivity contribution in [3.63, 3.8) is 0 Å². The molecule has 3 aromatic rings. The van der Waals surface area contributed by atoms with Crippen LogP contribution in [0, 0.1) is 6.92 Å². The Morgan fingerprint density at radius 1 is 1.23 bits per heavy atom. The Morgan fingerprint density at radius 2 is 2.04 bits per heavy atom. The summed E-state index contributed by atoms with van der Waals surface area (Å²) in [5.41, 5.74) is 3.61. The molecule has 1 N–H and O–H groups in total. The maximum absolute atomic E-state index is 12.1. The Balaban J connectivity index is 1.59. The molecule has 1 aromatic carbocycles. The van der Waals surface area contributed by atoms with Crippen molar-refractivity contribution in [1.82, 2.24) is 25.1 Å². The standard InChI is InChI=1S/C19H20N6O/c1-13-22-17-16(8-10-20-19(17)26)18(23-13)24(2)12-14-4-6-15(7-5-14)25-11-3-9-21-25/h3-7,9,11H,8,10,12H2,1-2H3,(H,20,26). The van der Waals surface area contributed by atoms with Crippen LogP contribution in [0.4, 0.5) is 5.82 Å². The van der Waals surface area contributed by atoms with Gasteiger partial charge in [-0.15, -0.1) is 0 Å². The van der Waals surface area contributed by atoms with E-state index in [2.05, 4.69) is 37.4 Å². The summed E-state index contributed by atoms with van der Waals surface area (Å²) >= 11 is 0. The first-order valence-electron chi connectivity index (χ1n) is 8.57. The molecule has 1 aliphatic heterocycles. The van der Waals surface area contributed by atoms with Gasteiger partial charge in [0.05, 0.1) is 5.69 Å². The van der Waals surface area contributed by atoms with Crippen LogP contribution in [0.25, 0.3) is 5.69 Å². The molecule has 26 heavy (non-hydrogen) atoms. The normalized spacial score (nSPS) is 13.2. The van der Waals surface area contributed by atoms with E-state index in [1.807, 2.05) is 43.0 Å². The largest absolute Gasteiger partial charge is 0.355 e. The number of carbonyl (C=O) groups excluding carboxylic acids is 1. The van der Waals surface area contributed by atoms with Crippen molar-refractivity contribution in [3.05, 3.63) is 65.4 Å². The zero-order chi connectivity index (χ0) is 18.1.